The molecular formula is C18H18F2N2O5. The Balaban J connectivity index is 2.03. The average Bonchev–Trinajstić information content (AvgIpc) is 2.91. The summed E-state index contributed by atoms with van der Waals surface area (Å²) in [6, 6.07) is 2.57. The summed E-state index contributed by atoms with van der Waals surface area (Å²) in [5, 5.41) is 2.11. The van der Waals surface area contributed by atoms with Gasteiger partial charge in [-0.25, -0.2) is 18.4 Å². The number of hydrogen-bond donors (Lipinski definition) is 2. The van der Waals surface area contributed by atoms with Crippen LogP contribution in [0.4, 0.5) is 14.5 Å². The Kier molecular flexibility index (Phi) is 6.27. The molecule has 0 spiro atoms. The van der Waals surface area contributed by atoms with Crippen LogP contribution in [0.3, 0.4) is 0 Å². The molecule has 0 aliphatic carbocycles. The van der Waals surface area contributed by atoms with Crippen LogP contribution in [-0.2, 0) is 14.3 Å². The molecule has 27 heavy (non-hydrogen) atoms. The van der Waals surface area contributed by atoms with Gasteiger partial charge in [0, 0.05) is 11.8 Å². The monoisotopic (exact) mass is 380 g/mol. The van der Waals surface area contributed by atoms with E-state index in [0.29, 0.717) is 11.3 Å². The highest BCUT2D eigenvalue weighted by atomic mass is 19.1. The van der Waals surface area contributed by atoms with Crippen LogP contribution in [0, 0.1) is 25.5 Å². The molecule has 144 valence electrons. The van der Waals surface area contributed by atoms with Crippen molar-refractivity contribution in [2.24, 2.45) is 0 Å². The van der Waals surface area contributed by atoms with E-state index in [9.17, 15) is 23.2 Å². The maximum absolute atomic E-state index is 13.5. The summed E-state index contributed by atoms with van der Waals surface area (Å²) in [7, 11) is 0. The van der Waals surface area contributed by atoms with E-state index in [1.165, 1.54) is 6.92 Å². The fraction of sp³-hybridized carbons (Fsp3) is 0.278. The Hall–Kier alpha value is -3.23. The molecular weight excluding hydrogens is 362 g/mol. The van der Waals surface area contributed by atoms with Crippen LogP contribution >= 0.6 is 0 Å². The van der Waals surface area contributed by atoms with Crippen LogP contribution in [0.1, 0.15) is 39.0 Å². The van der Waals surface area contributed by atoms with Crippen molar-refractivity contribution in [3.63, 3.8) is 0 Å². The number of carbonyl (C=O) groups excluding carboxylic acids is 3. The fourth-order valence-electron chi connectivity index (χ4n) is 2.45. The molecule has 7 nitrogen and oxygen atoms in total. The van der Waals surface area contributed by atoms with Crippen LogP contribution in [0.2, 0.25) is 0 Å². The van der Waals surface area contributed by atoms with E-state index in [-0.39, 0.29) is 23.6 Å². The SMILES string of the molecule is CCOC(=O)c1c(C)[nH]c(C(=O)OCC(=O)Nc2cc(F)ccc2F)c1C. The zero-order chi connectivity index (χ0) is 20.1. The van der Waals surface area contributed by atoms with Gasteiger partial charge in [0.25, 0.3) is 5.91 Å². The molecule has 1 amide bonds. The summed E-state index contributed by atoms with van der Waals surface area (Å²) in [4.78, 5) is 38.6. The number of carbonyl (C=O) groups is 3. The zero-order valence-corrected chi connectivity index (χ0v) is 14.9. The first-order valence-corrected chi connectivity index (χ1v) is 8.02. The average molecular weight is 380 g/mol. The van der Waals surface area contributed by atoms with E-state index in [1.807, 2.05) is 0 Å². The van der Waals surface area contributed by atoms with E-state index < -0.39 is 36.1 Å². The second-order valence-electron chi connectivity index (χ2n) is 5.59. The van der Waals surface area contributed by atoms with Crippen LogP contribution < -0.4 is 5.32 Å². The van der Waals surface area contributed by atoms with E-state index in [4.69, 9.17) is 9.47 Å². The number of esters is 2. The second-order valence-corrected chi connectivity index (χ2v) is 5.59. The van der Waals surface area contributed by atoms with Gasteiger partial charge in [-0.15, -0.1) is 0 Å². The number of hydrogen-bond acceptors (Lipinski definition) is 5. The molecule has 1 heterocycles. The maximum atomic E-state index is 13.5. The lowest BCUT2D eigenvalue weighted by molar-refractivity contribution is -0.119. The minimum Gasteiger partial charge on any atom is -0.462 e. The number of benzene rings is 1. The van der Waals surface area contributed by atoms with Gasteiger partial charge in [-0.05, 0) is 38.5 Å². The maximum Gasteiger partial charge on any atom is 0.355 e. The van der Waals surface area contributed by atoms with Crippen molar-refractivity contribution in [2.45, 2.75) is 20.8 Å². The van der Waals surface area contributed by atoms with Gasteiger partial charge in [0.15, 0.2) is 6.61 Å². The van der Waals surface area contributed by atoms with Gasteiger partial charge >= 0.3 is 11.9 Å². The standard InChI is InChI=1S/C18H18F2N2O5/c1-4-26-17(24)15-9(2)16(21-10(15)3)18(25)27-8-14(23)22-13-7-11(19)5-6-12(13)20/h5-7,21H,4,8H2,1-3H3,(H,22,23). The number of anilines is 1. The summed E-state index contributed by atoms with van der Waals surface area (Å²) < 4.78 is 36.4. The van der Waals surface area contributed by atoms with Crippen LogP contribution in [0.25, 0.3) is 0 Å². The molecule has 2 rings (SSSR count). The summed E-state index contributed by atoms with van der Waals surface area (Å²) in [5.74, 6) is -3.86. The third kappa shape index (κ3) is 4.69. The number of aryl methyl sites for hydroxylation is 1. The third-order valence-electron chi connectivity index (χ3n) is 3.66. The molecule has 2 aromatic rings. The summed E-state index contributed by atoms with van der Waals surface area (Å²) in [6.45, 7) is 4.25. The van der Waals surface area contributed by atoms with Gasteiger partial charge in [-0.1, -0.05) is 0 Å². The zero-order valence-electron chi connectivity index (χ0n) is 14.9. The normalized spacial score (nSPS) is 10.4. The van der Waals surface area contributed by atoms with Crippen molar-refractivity contribution in [1.82, 2.24) is 4.98 Å². The highest BCUT2D eigenvalue weighted by molar-refractivity contribution is 5.99. The van der Waals surface area contributed by atoms with E-state index >= 15 is 0 Å². The van der Waals surface area contributed by atoms with E-state index in [0.717, 1.165) is 18.2 Å². The molecule has 0 bridgehead atoms. The Morgan fingerprint density at radius 2 is 1.81 bits per heavy atom. The predicted molar refractivity (Wildman–Crippen MR) is 91.5 cm³/mol. The smallest absolute Gasteiger partial charge is 0.355 e. The fourth-order valence-corrected chi connectivity index (χ4v) is 2.45. The number of nitrogens with one attached hydrogen (secondary N) is 2. The molecule has 0 saturated heterocycles. The van der Waals surface area contributed by atoms with Gasteiger partial charge in [0.2, 0.25) is 0 Å². The number of aromatic amines is 1. The van der Waals surface area contributed by atoms with Gasteiger partial charge in [-0.2, -0.15) is 0 Å². The minimum absolute atomic E-state index is 0.000268. The molecule has 0 saturated carbocycles. The quantitative estimate of drug-likeness (QED) is 0.751. The van der Waals surface area contributed by atoms with Gasteiger partial charge < -0.3 is 19.8 Å². The lowest BCUT2D eigenvalue weighted by Crippen LogP contribution is -2.22. The van der Waals surface area contributed by atoms with Crippen molar-refractivity contribution in [2.75, 3.05) is 18.5 Å². The Bertz CT molecular complexity index is 892. The van der Waals surface area contributed by atoms with Crippen molar-refractivity contribution in [1.29, 1.82) is 0 Å². The first-order chi connectivity index (χ1) is 12.7. The summed E-state index contributed by atoms with van der Waals surface area (Å²) in [5.41, 5.74) is 0.597. The molecule has 1 aromatic carbocycles. The Morgan fingerprint density at radius 3 is 2.48 bits per heavy atom. The van der Waals surface area contributed by atoms with Crippen molar-refractivity contribution < 1.29 is 32.6 Å². The molecule has 2 N–H and O–H groups in total. The van der Waals surface area contributed by atoms with Crippen molar-refractivity contribution >= 4 is 23.5 Å². The summed E-state index contributed by atoms with van der Waals surface area (Å²) in [6.07, 6.45) is 0. The van der Waals surface area contributed by atoms with Crippen molar-refractivity contribution in [3.05, 3.63) is 52.3 Å². The first-order valence-electron chi connectivity index (χ1n) is 8.02. The van der Waals surface area contributed by atoms with E-state index in [1.54, 1.807) is 13.8 Å². The lowest BCUT2D eigenvalue weighted by Gasteiger charge is -2.07. The largest absolute Gasteiger partial charge is 0.462 e. The number of ether oxygens (including phenoxy) is 2. The highest BCUT2D eigenvalue weighted by Crippen LogP contribution is 2.20. The number of rotatable bonds is 6. The van der Waals surface area contributed by atoms with E-state index in [2.05, 4.69) is 10.3 Å². The lowest BCUT2D eigenvalue weighted by atomic mass is 10.1. The number of halogens is 2. The number of aromatic nitrogens is 1. The Labute approximate surface area is 153 Å². The molecule has 0 aliphatic heterocycles. The topological polar surface area (TPSA) is 97.5 Å². The van der Waals surface area contributed by atoms with Crippen LogP contribution in [0.5, 0.6) is 0 Å². The second kappa shape index (κ2) is 8.43. The molecule has 0 fully saturated rings. The first kappa shape index (κ1) is 20.1. The number of amides is 1. The van der Waals surface area contributed by atoms with Crippen LogP contribution in [0.15, 0.2) is 18.2 Å². The van der Waals surface area contributed by atoms with Crippen LogP contribution in [-0.4, -0.2) is 36.0 Å². The number of H-pyrrole nitrogens is 1. The van der Waals surface area contributed by atoms with Gasteiger partial charge in [-0.3, -0.25) is 4.79 Å². The Morgan fingerprint density at radius 1 is 1.11 bits per heavy atom. The molecule has 9 heteroatoms. The molecule has 0 unspecified atom stereocenters. The van der Waals surface area contributed by atoms with Gasteiger partial charge in [0.05, 0.1) is 17.9 Å². The highest BCUT2D eigenvalue weighted by Gasteiger charge is 2.24. The molecule has 0 atom stereocenters. The molecule has 0 aliphatic rings. The third-order valence-corrected chi connectivity index (χ3v) is 3.66. The van der Waals surface area contributed by atoms with Crippen molar-refractivity contribution in [3.8, 4) is 0 Å². The van der Waals surface area contributed by atoms with Gasteiger partial charge in [0.1, 0.15) is 17.3 Å². The minimum atomic E-state index is -0.874. The molecule has 0 radical (unpaired) electrons. The molecule has 1 aromatic heterocycles. The summed E-state index contributed by atoms with van der Waals surface area (Å²) >= 11 is 0. The predicted octanol–water partition coefficient (Wildman–Crippen LogP) is 2.88.